The highest BCUT2D eigenvalue weighted by Crippen LogP contribution is 2.14. The number of likely N-dealkylation sites (tertiary alicyclic amines) is 1. The molecule has 3 heteroatoms. The molecule has 3 nitrogen and oxygen atoms in total. The third-order valence-electron chi connectivity index (χ3n) is 3.35. The highest BCUT2D eigenvalue weighted by atomic mass is 16.5. The molecule has 16 heavy (non-hydrogen) atoms. The predicted octanol–water partition coefficient (Wildman–Crippen LogP) is 1.86. The van der Waals surface area contributed by atoms with Gasteiger partial charge in [-0.05, 0) is 31.7 Å². The van der Waals surface area contributed by atoms with Crippen molar-refractivity contribution in [3.63, 3.8) is 0 Å². The molecule has 1 heterocycles. The van der Waals surface area contributed by atoms with Gasteiger partial charge in [0.15, 0.2) is 0 Å². The molecule has 0 amide bonds. The fourth-order valence-electron chi connectivity index (χ4n) is 2.11. The second-order valence-electron chi connectivity index (χ2n) is 5.30. The van der Waals surface area contributed by atoms with Crippen LogP contribution in [0.4, 0.5) is 0 Å². The first-order valence-electron chi connectivity index (χ1n) is 6.73. The lowest BCUT2D eigenvalue weighted by Gasteiger charge is -2.34. The van der Waals surface area contributed by atoms with Crippen LogP contribution in [0.3, 0.4) is 0 Å². The number of piperidine rings is 1. The summed E-state index contributed by atoms with van der Waals surface area (Å²) >= 11 is 0. The molecule has 0 radical (unpaired) electrons. The van der Waals surface area contributed by atoms with Crippen molar-refractivity contribution in [3.8, 4) is 0 Å². The monoisotopic (exact) mass is 228 g/mol. The summed E-state index contributed by atoms with van der Waals surface area (Å²) in [5.41, 5.74) is 6.11. The van der Waals surface area contributed by atoms with E-state index in [9.17, 15) is 0 Å². The molecule has 2 unspecified atom stereocenters. The molecule has 96 valence electrons. The Morgan fingerprint density at radius 1 is 1.44 bits per heavy atom. The standard InChI is InChI=1S/C13H28N2O/c1-4-8-16-12-6-5-7-15(9-12)10-13(14)11(2)3/h11-13H,4-10,14H2,1-3H3. The Bertz CT molecular complexity index is 185. The third kappa shape index (κ3) is 4.81. The lowest BCUT2D eigenvalue weighted by atomic mass is 10.0. The van der Waals surface area contributed by atoms with Gasteiger partial charge in [-0.15, -0.1) is 0 Å². The number of hydrogen-bond acceptors (Lipinski definition) is 3. The lowest BCUT2D eigenvalue weighted by molar-refractivity contribution is -0.00234. The van der Waals surface area contributed by atoms with Crippen LogP contribution in [0.5, 0.6) is 0 Å². The molecule has 0 saturated carbocycles. The van der Waals surface area contributed by atoms with Crippen molar-refractivity contribution in [2.45, 2.75) is 52.2 Å². The van der Waals surface area contributed by atoms with Gasteiger partial charge >= 0.3 is 0 Å². The first kappa shape index (κ1) is 13.9. The molecule has 0 aromatic heterocycles. The van der Waals surface area contributed by atoms with Crippen molar-refractivity contribution in [2.75, 3.05) is 26.2 Å². The van der Waals surface area contributed by atoms with E-state index in [1.54, 1.807) is 0 Å². The van der Waals surface area contributed by atoms with Crippen LogP contribution in [-0.4, -0.2) is 43.3 Å². The van der Waals surface area contributed by atoms with Crippen LogP contribution in [0.2, 0.25) is 0 Å². The minimum atomic E-state index is 0.296. The number of nitrogens with two attached hydrogens (primary N) is 1. The number of nitrogens with zero attached hydrogens (tertiary/aromatic N) is 1. The molecule has 0 aliphatic carbocycles. The Labute approximate surface area is 100 Å². The van der Waals surface area contributed by atoms with Crippen LogP contribution in [0.25, 0.3) is 0 Å². The molecule has 0 spiro atoms. The minimum Gasteiger partial charge on any atom is -0.377 e. The van der Waals surface area contributed by atoms with E-state index in [1.807, 2.05) is 0 Å². The van der Waals surface area contributed by atoms with Gasteiger partial charge in [0.25, 0.3) is 0 Å². The van der Waals surface area contributed by atoms with E-state index in [-0.39, 0.29) is 0 Å². The molecule has 0 bridgehead atoms. The Hall–Kier alpha value is -0.120. The maximum absolute atomic E-state index is 6.11. The molecule has 2 N–H and O–H groups in total. The van der Waals surface area contributed by atoms with Crippen molar-refractivity contribution < 1.29 is 4.74 Å². The Morgan fingerprint density at radius 3 is 2.81 bits per heavy atom. The van der Waals surface area contributed by atoms with Gasteiger partial charge in [-0.3, -0.25) is 4.90 Å². The van der Waals surface area contributed by atoms with Crippen molar-refractivity contribution >= 4 is 0 Å². The second-order valence-corrected chi connectivity index (χ2v) is 5.30. The smallest absolute Gasteiger partial charge is 0.0702 e. The van der Waals surface area contributed by atoms with Gasteiger partial charge in [0.2, 0.25) is 0 Å². The van der Waals surface area contributed by atoms with Gasteiger partial charge in [-0.2, -0.15) is 0 Å². The molecule has 0 aromatic rings. The van der Waals surface area contributed by atoms with E-state index < -0.39 is 0 Å². The van der Waals surface area contributed by atoms with Gasteiger partial charge in [-0.25, -0.2) is 0 Å². The van der Waals surface area contributed by atoms with Gasteiger partial charge < -0.3 is 10.5 Å². The zero-order chi connectivity index (χ0) is 12.0. The average Bonchev–Trinajstić information content (AvgIpc) is 2.26. The largest absolute Gasteiger partial charge is 0.377 e. The first-order valence-corrected chi connectivity index (χ1v) is 6.73. The van der Waals surface area contributed by atoms with E-state index in [1.165, 1.54) is 19.4 Å². The van der Waals surface area contributed by atoms with Crippen molar-refractivity contribution in [3.05, 3.63) is 0 Å². The molecule has 1 rings (SSSR count). The summed E-state index contributed by atoms with van der Waals surface area (Å²) < 4.78 is 5.82. The van der Waals surface area contributed by atoms with Crippen molar-refractivity contribution in [1.29, 1.82) is 0 Å². The Balaban J connectivity index is 2.27. The van der Waals surface area contributed by atoms with E-state index >= 15 is 0 Å². The third-order valence-corrected chi connectivity index (χ3v) is 3.35. The highest BCUT2D eigenvalue weighted by molar-refractivity contribution is 4.78. The van der Waals surface area contributed by atoms with E-state index in [0.29, 0.717) is 18.1 Å². The molecular formula is C13H28N2O. The van der Waals surface area contributed by atoms with Crippen molar-refractivity contribution in [2.24, 2.45) is 11.7 Å². The summed E-state index contributed by atoms with van der Waals surface area (Å²) in [6.45, 7) is 10.7. The molecule has 2 atom stereocenters. The molecule has 0 aromatic carbocycles. The fraction of sp³-hybridized carbons (Fsp3) is 1.00. The SMILES string of the molecule is CCCOC1CCCN(CC(N)C(C)C)C1. The van der Waals surface area contributed by atoms with Crippen LogP contribution >= 0.6 is 0 Å². The normalized spacial score (nSPS) is 24.9. The van der Waals surface area contributed by atoms with Crippen LogP contribution in [0.15, 0.2) is 0 Å². The maximum Gasteiger partial charge on any atom is 0.0702 e. The summed E-state index contributed by atoms with van der Waals surface area (Å²) in [6.07, 6.45) is 4.02. The van der Waals surface area contributed by atoms with Gasteiger partial charge in [0.05, 0.1) is 6.10 Å². The second kappa shape index (κ2) is 7.25. The predicted molar refractivity (Wildman–Crippen MR) is 68.5 cm³/mol. The summed E-state index contributed by atoms with van der Waals surface area (Å²) in [4.78, 5) is 2.47. The zero-order valence-electron chi connectivity index (χ0n) is 11.1. The Morgan fingerprint density at radius 2 is 2.19 bits per heavy atom. The summed E-state index contributed by atoms with van der Waals surface area (Å²) in [5.74, 6) is 0.567. The topological polar surface area (TPSA) is 38.5 Å². The van der Waals surface area contributed by atoms with Crippen LogP contribution < -0.4 is 5.73 Å². The Kier molecular flexibility index (Phi) is 6.32. The summed E-state index contributed by atoms with van der Waals surface area (Å²) in [7, 11) is 0. The van der Waals surface area contributed by atoms with Crippen molar-refractivity contribution in [1.82, 2.24) is 4.90 Å². The number of rotatable bonds is 6. The first-order chi connectivity index (χ1) is 7.63. The maximum atomic E-state index is 6.11. The highest BCUT2D eigenvalue weighted by Gasteiger charge is 2.22. The van der Waals surface area contributed by atoms with Crippen LogP contribution in [-0.2, 0) is 4.74 Å². The zero-order valence-corrected chi connectivity index (χ0v) is 11.1. The molecular weight excluding hydrogens is 200 g/mol. The fourth-order valence-corrected chi connectivity index (χ4v) is 2.11. The van der Waals surface area contributed by atoms with Gasteiger partial charge in [0, 0.05) is 25.7 Å². The average molecular weight is 228 g/mol. The van der Waals surface area contributed by atoms with E-state index in [4.69, 9.17) is 10.5 Å². The summed E-state index contributed by atoms with van der Waals surface area (Å²) in [5, 5.41) is 0. The molecule has 1 aliphatic rings. The van der Waals surface area contributed by atoms with Crippen LogP contribution in [0.1, 0.15) is 40.0 Å². The molecule has 1 aliphatic heterocycles. The number of hydrogen-bond donors (Lipinski definition) is 1. The summed E-state index contributed by atoms with van der Waals surface area (Å²) in [6, 6.07) is 0.296. The number of ether oxygens (including phenoxy) is 1. The lowest BCUT2D eigenvalue weighted by Crippen LogP contribution is -2.47. The minimum absolute atomic E-state index is 0.296. The van der Waals surface area contributed by atoms with E-state index in [2.05, 4.69) is 25.7 Å². The molecule has 1 saturated heterocycles. The quantitative estimate of drug-likeness (QED) is 0.754. The van der Waals surface area contributed by atoms with Crippen LogP contribution in [0, 0.1) is 5.92 Å². The van der Waals surface area contributed by atoms with Gasteiger partial charge in [-0.1, -0.05) is 20.8 Å². The molecule has 1 fully saturated rings. The van der Waals surface area contributed by atoms with E-state index in [0.717, 1.165) is 26.1 Å². The van der Waals surface area contributed by atoms with Gasteiger partial charge in [0.1, 0.15) is 0 Å².